The summed E-state index contributed by atoms with van der Waals surface area (Å²) >= 11 is 0. The van der Waals surface area contributed by atoms with E-state index in [4.69, 9.17) is 4.74 Å². The van der Waals surface area contributed by atoms with Gasteiger partial charge < -0.3 is 20.1 Å². The predicted octanol–water partition coefficient (Wildman–Crippen LogP) is 3.22. The molecule has 0 saturated carbocycles. The second kappa shape index (κ2) is 9.28. The average Bonchev–Trinajstić information content (AvgIpc) is 2.75. The highest BCUT2D eigenvalue weighted by molar-refractivity contribution is 5.94. The minimum Gasteiger partial charge on any atom is -0.491 e. The first-order chi connectivity index (χ1) is 14.9. The van der Waals surface area contributed by atoms with Gasteiger partial charge in [-0.1, -0.05) is 17.7 Å². The summed E-state index contributed by atoms with van der Waals surface area (Å²) in [6, 6.07) is 15.1. The first-order valence-corrected chi connectivity index (χ1v) is 11.2. The van der Waals surface area contributed by atoms with Gasteiger partial charge in [-0.25, -0.2) is 0 Å². The molecule has 1 saturated heterocycles. The van der Waals surface area contributed by atoms with Crippen LogP contribution < -0.4 is 15.0 Å². The Morgan fingerprint density at radius 3 is 2.52 bits per heavy atom. The molecule has 4 rings (SSSR count). The average molecular weight is 424 g/mol. The first-order valence-electron chi connectivity index (χ1n) is 11.2. The number of benzene rings is 2. The van der Waals surface area contributed by atoms with E-state index in [1.54, 1.807) is 0 Å². The molecule has 166 valence electrons. The number of aliphatic hydroxyl groups is 1. The number of anilines is 2. The second-order valence-electron chi connectivity index (χ2n) is 8.97. The number of amides is 1. The van der Waals surface area contributed by atoms with E-state index in [1.165, 1.54) is 11.3 Å². The van der Waals surface area contributed by atoms with Gasteiger partial charge in [0, 0.05) is 49.5 Å². The number of ether oxygens (including phenoxy) is 1. The number of aryl methyl sites for hydroxylation is 2. The molecule has 2 aromatic carbocycles. The van der Waals surface area contributed by atoms with Gasteiger partial charge in [0.2, 0.25) is 5.91 Å². The Bertz CT molecular complexity index is 903. The summed E-state index contributed by atoms with van der Waals surface area (Å²) in [5.41, 5.74) is 4.48. The summed E-state index contributed by atoms with van der Waals surface area (Å²) in [6.07, 6.45) is 0.663. The third kappa shape index (κ3) is 5.20. The molecule has 0 spiro atoms. The summed E-state index contributed by atoms with van der Waals surface area (Å²) in [7, 11) is 0. The monoisotopic (exact) mass is 423 g/mol. The number of nitrogens with zero attached hydrogens (tertiary/aromatic N) is 2. The largest absolute Gasteiger partial charge is 0.491 e. The van der Waals surface area contributed by atoms with Crippen molar-refractivity contribution in [1.29, 1.82) is 0 Å². The van der Waals surface area contributed by atoms with Gasteiger partial charge in [0.25, 0.3) is 0 Å². The first kappa shape index (κ1) is 21.7. The number of hydrogen-bond acceptors (Lipinski definition) is 5. The molecule has 31 heavy (non-hydrogen) atoms. The Hall–Kier alpha value is -2.57. The van der Waals surface area contributed by atoms with Gasteiger partial charge in [0.1, 0.15) is 18.5 Å². The van der Waals surface area contributed by atoms with Crippen LogP contribution in [0.25, 0.3) is 0 Å². The van der Waals surface area contributed by atoms with Crippen LogP contribution in [0.4, 0.5) is 11.4 Å². The number of aliphatic hydroxyl groups excluding tert-OH is 1. The molecule has 2 aliphatic rings. The standard InChI is InChI=1S/C25H33N3O3/c1-17-4-7-21(8-5-17)27-13-18(2)28(19(3)14-27)15-22(29)16-31-23-9-10-24-20(12-23)6-11-25(30)26-24/h4-5,7-10,12,18-19,22,29H,6,11,13-16H2,1-3H3,(H,26,30)/t18?,19?,22-/m0/s1. The molecule has 2 aliphatic heterocycles. The maximum Gasteiger partial charge on any atom is 0.224 e. The van der Waals surface area contributed by atoms with Crippen molar-refractivity contribution in [3.63, 3.8) is 0 Å². The number of β-amino-alcohol motifs (C(OH)–C–C–N with tert-alkyl or cyclic N) is 1. The molecule has 6 nitrogen and oxygen atoms in total. The number of hydrogen-bond donors (Lipinski definition) is 2. The summed E-state index contributed by atoms with van der Waals surface area (Å²) in [5, 5.41) is 13.5. The Labute approximate surface area is 184 Å². The molecule has 1 amide bonds. The molecule has 3 atom stereocenters. The van der Waals surface area contributed by atoms with Crippen molar-refractivity contribution < 1.29 is 14.6 Å². The molecule has 1 fully saturated rings. The van der Waals surface area contributed by atoms with Gasteiger partial charge in [-0.3, -0.25) is 9.69 Å². The van der Waals surface area contributed by atoms with E-state index in [2.05, 4.69) is 60.2 Å². The molecule has 6 heteroatoms. The van der Waals surface area contributed by atoms with Gasteiger partial charge >= 0.3 is 0 Å². The van der Waals surface area contributed by atoms with Gasteiger partial charge in [0.05, 0.1) is 0 Å². The van der Waals surface area contributed by atoms with Crippen molar-refractivity contribution in [1.82, 2.24) is 4.90 Å². The van der Waals surface area contributed by atoms with Crippen LogP contribution in [0.3, 0.4) is 0 Å². The van der Waals surface area contributed by atoms with Crippen molar-refractivity contribution in [2.24, 2.45) is 0 Å². The zero-order valence-electron chi connectivity index (χ0n) is 18.7. The lowest BCUT2D eigenvalue weighted by atomic mass is 10.0. The van der Waals surface area contributed by atoms with E-state index < -0.39 is 6.10 Å². The topological polar surface area (TPSA) is 65.0 Å². The van der Waals surface area contributed by atoms with Gasteiger partial charge in [-0.2, -0.15) is 0 Å². The number of carbonyl (C=O) groups is 1. The summed E-state index contributed by atoms with van der Waals surface area (Å²) < 4.78 is 5.87. The molecule has 0 bridgehead atoms. The molecule has 2 heterocycles. The van der Waals surface area contributed by atoms with Crippen molar-refractivity contribution in [3.8, 4) is 5.75 Å². The van der Waals surface area contributed by atoms with Crippen LogP contribution in [0.5, 0.6) is 5.75 Å². The van der Waals surface area contributed by atoms with Gasteiger partial charge in [0.15, 0.2) is 0 Å². The zero-order valence-corrected chi connectivity index (χ0v) is 18.7. The van der Waals surface area contributed by atoms with E-state index in [0.29, 0.717) is 25.0 Å². The van der Waals surface area contributed by atoms with Crippen molar-refractivity contribution in [2.75, 3.05) is 36.5 Å². The van der Waals surface area contributed by atoms with E-state index in [-0.39, 0.29) is 12.5 Å². The molecular formula is C25H33N3O3. The van der Waals surface area contributed by atoms with Gasteiger partial charge in [-0.05, 0) is 63.1 Å². The molecule has 2 aromatic rings. The van der Waals surface area contributed by atoms with E-state index in [1.807, 2.05) is 18.2 Å². The number of nitrogens with one attached hydrogen (secondary N) is 1. The molecule has 0 aliphatic carbocycles. The number of fused-ring (bicyclic) bond motifs is 1. The predicted molar refractivity (Wildman–Crippen MR) is 124 cm³/mol. The lowest BCUT2D eigenvalue weighted by Gasteiger charge is -2.46. The maximum absolute atomic E-state index is 11.5. The third-order valence-corrected chi connectivity index (χ3v) is 6.34. The Balaban J connectivity index is 1.30. The quantitative estimate of drug-likeness (QED) is 0.747. The van der Waals surface area contributed by atoms with Crippen LogP contribution in [-0.2, 0) is 11.2 Å². The van der Waals surface area contributed by atoms with E-state index >= 15 is 0 Å². The van der Waals surface area contributed by atoms with Crippen molar-refractivity contribution in [2.45, 2.75) is 51.8 Å². The van der Waals surface area contributed by atoms with E-state index in [0.717, 1.165) is 36.5 Å². The Morgan fingerprint density at radius 2 is 1.81 bits per heavy atom. The summed E-state index contributed by atoms with van der Waals surface area (Å²) in [6.45, 7) is 9.28. The maximum atomic E-state index is 11.5. The van der Waals surface area contributed by atoms with Gasteiger partial charge in [-0.15, -0.1) is 0 Å². The fourth-order valence-electron chi connectivity index (χ4n) is 4.62. The minimum absolute atomic E-state index is 0.0577. The van der Waals surface area contributed by atoms with Crippen LogP contribution in [0.15, 0.2) is 42.5 Å². The lowest BCUT2D eigenvalue weighted by molar-refractivity contribution is -0.116. The Kier molecular flexibility index (Phi) is 6.49. The fourth-order valence-corrected chi connectivity index (χ4v) is 4.62. The van der Waals surface area contributed by atoms with Crippen LogP contribution in [0.1, 0.15) is 31.4 Å². The molecule has 2 N–H and O–H groups in total. The molecule has 0 radical (unpaired) electrons. The molecule has 2 unspecified atom stereocenters. The Morgan fingerprint density at radius 1 is 1.10 bits per heavy atom. The van der Waals surface area contributed by atoms with Crippen molar-refractivity contribution >= 4 is 17.3 Å². The van der Waals surface area contributed by atoms with Crippen LogP contribution in [0.2, 0.25) is 0 Å². The third-order valence-electron chi connectivity index (χ3n) is 6.34. The highest BCUT2D eigenvalue weighted by Gasteiger charge is 2.31. The van der Waals surface area contributed by atoms with Crippen LogP contribution >= 0.6 is 0 Å². The molecule has 0 aromatic heterocycles. The number of piperazine rings is 1. The molecular weight excluding hydrogens is 390 g/mol. The summed E-state index contributed by atoms with van der Waals surface area (Å²) in [4.78, 5) is 16.3. The zero-order chi connectivity index (χ0) is 22.0. The van der Waals surface area contributed by atoms with Crippen LogP contribution in [-0.4, -0.2) is 60.3 Å². The highest BCUT2D eigenvalue weighted by Crippen LogP contribution is 2.27. The SMILES string of the molecule is Cc1ccc(N2CC(C)N(C[C@H](O)COc3ccc4c(c3)CCC(=O)N4)C(C)C2)cc1. The van der Waals surface area contributed by atoms with Crippen molar-refractivity contribution in [3.05, 3.63) is 53.6 Å². The number of rotatable bonds is 6. The lowest BCUT2D eigenvalue weighted by Crippen LogP contribution is -2.58. The fraction of sp³-hybridized carbons (Fsp3) is 0.480. The minimum atomic E-state index is -0.563. The summed E-state index contributed by atoms with van der Waals surface area (Å²) in [5.74, 6) is 0.793. The van der Waals surface area contributed by atoms with E-state index in [9.17, 15) is 9.90 Å². The second-order valence-corrected chi connectivity index (χ2v) is 8.97. The smallest absolute Gasteiger partial charge is 0.224 e. The highest BCUT2D eigenvalue weighted by atomic mass is 16.5. The number of carbonyl (C=O) groups excluding carboxylic acids is 1. The van der Waals surface area contributed by atoms with Crippen LogP contribution in [0, 0.1) is 6.92 Å². The normalized spacial score (nSPS) is 22.6.